The zero-order valence-electron chi connectivity index (χ0n) is 7.82. The Morgan fingerprint density at radius 3 is 2.93 bits per heavy atom. The van der Waals surface area contributed by atoms with Crippen molar-refractivity contribution in [3.8, 4) is 0 Å². The molecule has 0 aliphatic heterocycles. The predicted molar refractivity (Wildman–Crippen MR) is 55.2 cm³/mol. The topological polar surface area (TPSA) is 37.3 Å². The molecule has 0 radical (unpaired) electrons. The van der Waals surface area contributed by atoms with Crippen LogP contribution in [0.5, 0.6) is 0 Å². The molecule has 0 unspecified atom stereocenters. The number of alkyl halides is 1. The fourth-order valence-corrected chi connectivity index (χ4v) is 2.63. The summed E-state index contributed by atoms with van der Waals surface area (Å²) in [5.41, 5.74) is -1.34. The highest BCUT2D eigenvalue weighted by molar-refractivity contribution is 6.21. The van der Waals surface area contributed by atoms with Gasteiger partial charge in [0.1, 0.15) is 5.60 Å². The second-order valence-electron chi connectivity index (χ2n) is 3.99. The lowest BCUT2D eigenvalue weighted by molar-refractivity contribution is -0.138. The third-order valence-corrected chi connectivity index (χ3v) is 3.63. The van der Waals surface area contributed by atoms with Crippen molar-refractivity contribution < 1.29 is 9.90 Å². The first kappa shape index (κ1) is 9.94. The molecule has 0 saturated carbocycles. The number of hydrogen-bond donors (Lipinski definition) is 1. The van der Waals surface area contributed by atoms with E-state index in [1.165, 1.54) is 6.08 Å². The Balaban J connectivity index is 2.36. The molecule has 2 aliphatic carbocycles. The monoisotopic (exact) mass is 212 g/mol. The maximum atomic E-state index is 11.6. The molecule has 0 aromatic heterocycles. The van der Waals surface area contributed by atoms with E-state index in [4.69, 9.17) is 11.6 Å². The highest BCUT2D eigenvalue weighted by atomic mass is 35.5. The van der Waals surface area contributed by atoms with Crippen LogP contribution in [-0.2, 0) is 4.79 Å². The van der Waals surface area contributed by atoms with Crippen molar-refractivity contribution in [2.45, 2.75) is 18.4 Å². The van der Waals surface area contributed by atoms with Crippen LogP contribution in [0.25, 0.3) is 0 Å². The second kappa shape index (κ2) is 3.52. The smallest absolute Gasteiger partial charge is 0.188 e. The van der Waals surface area contributed by atoms with E-state index in [2.05, 4.69) is 6.08 Å². The highest BCUT2D eigenvalue weighted by Crippen LogP contribution is 2.39. The normalized spacial score (nSPS) is 41.1. The number of allylic oxidation sites excluding steroid dienone is 3. The third-order valence-electron chi connectivity index (χ3n) is 3.22. The number of ketones is 1. The SMILES string of the molecule is O=C1C=C[C@H]2CC=CC[C@H]2[C@]1(O)CCl. The Labute approximate surface area is 88.3 Å². The molecule has 0 bridgehead atoms. The summed E-state index contributed by atoms with van der Waals surface area (Å²) in [4.78, 5) is 11.6. The lowest BCUT2D eigenvalue weighted by atomic mass is 9.68. The van der Waals surface area contributed by atoms with Gasteiger partial charge < -0.3 is 5.11 Å². The van der Waals surface area contributed by atoms with Crippen molar-refractivity contribution in [1.82, 2.24) is 0 Å². The largest absolute Gasteiger partial charge is 0.380 e. The van der Waals surface area contributed by atoms with Crippen molar-refractivity contribution in [3.63, 3.8) is 0 Å². The van der Waals surface area contributed by atoms with Crippen molar-refractivity contribution >= 4 is 17.4 Å². The van der Waals surface area contributed by atoms with E-state index in [9.17, 15) is 9.90 Å². The van der Waals surface area contributed by atoms with E-state index in [1.54, 1.807) is 0 Å². The van der Waals surface area contributed by atoms with Crippen LogP contribution in [0.2, 0.25) is 0 Å². The van der Waals surface area contributed by atoms with Gasteiger partial charge in [0.25, 0.3) is 0 Å². The summed E-state index contributed by atoms with van der Waals surface area (Å²) in [5.74, 6) is -0.0291. The van der Waals surface area contributed by atoms with E-state index in [0.29, 0.717) is 0 Å². The van der Waals surface area contributed by atoms with Gasteiger partial charge in [0.15, 0.2) is 5.78 Å². The molecule has 0 aromatic carbocycles. The van der Waals surface area contributed by atoms with Crippen LogP contribution in [-0.4, -0.2) is 22.4 Å². The molecule has 2 aliphatic rings. The number of aliphatic hydroxyl groups is 1. The summed E-state index contributed by atoms with van der Waals surface area (Å²) >= 11 is 5.71. The first-order valence-electron chi connectivity index (χ1n) is 4.84. The maximum Gasteiger partial charge on any atom is 0.188 e. The Hall–Kier alpha value is -0.600. The second-order valence-corrected chi connectivity index (χ2v) is 4.26. The van der Waals surface area contributed by atoms with Gasteiger partial charge >= 0.3 is 0 Å². The van der Waals surface area contributed by atoms with Crippen molar-refractivity contribution in [2.75, 3.05) is 5.88 Å². The highest BCUT2D eigenvalue weighted by Gasteiger charge is 2.47. The standard InChI is InChI=1S/C11H13ClO2/c12-7-11(14)9-4-2-1-3-8(9)5-6-10(11)13/h1-2,5-6,8-9,14H,3-4,7H2/t8-,9-,11-/m1/s1. The average molecular weight is 213 g/mol. The zero-order valence-corrected chi connectivity index (χ0v) is 8.57. The molecule has 0 spiro atoms. The van der Waals surface area contributed by atoms with Gasteiger partial charge in [-0.05, 0) is 24.8 Å². The van der Waals surface area contributed by atoms with E-state index in [0.717, 1.165) is 12.8 Å². The van der Waals surface area contributed by atoms with E-state index < -0.39 is 5.60 Å². The molecule has 0 amide bonds. The first-order valence-corrected chi connectivity index (χ1v) is 5.38. The molecule has 76 valence electrons. The van der Waals surface area contributed by atoms with Crippen molar-refractivity contribution in [2.24, 2.45) is 11.8 Å². The molecule has 0 aromatic rings. The molecular formula is C11H13ClO2. The molecule has 14 heavy (non-hydrogen) atoms. The van der Waals surface area contributed by atoms with Gasteiger partial charge in [0.05, 0.1) is 5.88 Å². The van der Waals surface area contributed by atoms with Crippen LogP contribution in [0.15, 0.2) is 24.3 Å². The van der Waals surface area contributed by atoms with Crippen LogP contribution < -0.4 is 0 Å². The Kier molecular flexibility index (Phi) is 2.50. The Morgan fingerprint density at radius 2 is 2.21 bits per heavy atom. The van der Waals surface area contributed by atoms with Gasteiger partial charge in [0.2, 0.25) is 0 Å². The fourth-order valence-electron chi connectivity index (χ4n) is 2.30. The predicted octanol–water partition coefficient (Wildman–Crippen LogP) is 1.68. The summed E-state index contributed by atoms with van der Waals surface area (Å²) in [7, 11) is 0. The summed E-state index contributed by atoms with van der Waals surface area (Å²) in [6, 6.07) is 0. The summed E-state index contributed by atoms with van der Waals surface area (Å²) in [6.45, 7) is 0. The van der Waals surface area contributed by atoms with Crippen LogP contribution in [0.1, 0.15) is 12.8 Å². The quantitative estimate of drug-likeness (QED) is 0.531. The van der Waals surface area contributed by atoms with Crippen molar-refractivity contribution in [3.05, 3.63) is 24.3 Å². The first-order chi connectivity index (χ1) is 6.68. The van der Waals surface area contributed by atoms with Crippen LogP contribution in [0.3, 0.4) is 0 Å². The van der Waals surface area contributed by atoms with E-state index in [1.807, 2.05) is 12.2 Å². The molecule has 0 heterocycles. The maximum absolute atomic E-state index is 11.6. The lowest BCUT2D eigenvalue weighted by Crippen LogP contribution is -2.52. The molecule has 0 fully saturated rings. The van der Waals surface area contributed by atoms with Crippen molar-refractivity contribution in [1.29, 1.82) is 0 Å². The van der Waals surface area contributed by atoms with Crippen LogP contribution in [0, 0.1) is 11.8 Å². The summed E-state index contributed by atoms with van der Waals surface area (Å²) < 4.78 is 0. The lowest BCUT2D eigenvalue weighted by Gasteiger charge is -2.40. The minimum absolute atomic E-state index is 0.00875. The van der Waals surface area contributed by atoms with Gasteiger partial charge in [-0.3, -0.25) is 4.79 Å². The van der Waals surface area contributed by atoms with Gasteiger partial charge in [0, 0.05) is 5.92 Å². The molecule has 3 atom stereocenters. The van der Waals surface area contributed by atoms with Gasteiger partial charge in [-0.25, -0.2) is 0 Å². The minimum Gasteiger partial charge on any atom is -0.380 e. The fraction of sp³-hybridized carbons (Fsp3) is 0.545. The number of halogens is 1. The number of rotatable bonds is 1. The zero-order chi connectivity index (χ0) is 10.2. The number of fused-ring (bicyclic) bond motifs is 1. The Bertz CT molecular complexity index is 308. The summed E-state index contributed by atoms with van der Waals surface area (Å²) in [6.07, 6.45) is 9.12. The summed E-state index contributed by atoms with van der Waals surface area (Å²) in [5, 5.41) is 10.2. The third kappa shape index (κ3) is 1.33. The average Bonchev–Trinajstić information content (AvgIpc) is 2.24. The van der Waals surface area contributed by atoms with Gasteiger partial charge in [-0.15, -0.1) is 11.6 Å². The molecular weight excluding hydrogens is 200 g/mol. The minimum atomic E-state index is -1.34. The molecule has 0 saturated heterocycles. The van der Waals surface area contributed by atoms with E-state index >= 15 is 0 Å². The Morgan fingerprint density at radius 1 is 1.50 bits per heavy atom. The van der Waals surface area contributed by atoms with Crippen LogP contribution in [0.4, 0.5) is 0 Å². The molecule has 2 rings (SSSR count). The molecule has 2 nitrogen and oxygen atoms in total. The number of carbonyl (C=O) groups is 1. The number of hydrogen-bond acceptors (Lipinski definition) is 2. The van der Waals surface area contributed by atoms with Gasteiger partial charge in [-0.1, -0.05) is 18.2 Å². The van der Waals surface area contributed by atoms with Crippen LogP contribution >= 0.6 is 11.6 Å². The number of carbonyl (C=O) groups excluding carboxylic acids is 1. The molecule has 1 N–H and O–H groups in total. The van der Waals surface area contributed by atoms with Gasteiger partial charge in [-0.2, -0.15) is 0 Å². The van der Waals surface area contributed by atoms with E-state index in [-0.39, 0.29) is 23.5 Å². The molecule has 3 heteroatoms.